The van der Waals surface area contributed by atoms with Crippen molar-refractivity contribution in [3.05, 3.63) is 47.8 Å². The van der Waals surface area contributed by atoms with Gasteiger partial charge in [-0.3, -0.25) is 14.6 Å². The highest BCUT2D eigenvalue weighted by Crippen LogP contribution is 2.66. The van der Waals surface area contributed by atoms with Crippen molar-refractivity contribution in [3.63, 3.8) is 0 Å². The molecule has 2 N–H and O–H groups in total. The monoisotopic (exact) mass is 534 g/mol. The Morgan fingerprint density at radius 1 is 1.10 bits per heavy atom. The molecule has 0 spiro atoms. The molecule has 4 aliphatic rings. The summed E-state index contributed by atoms with van der Waals surface area (Å²) in [4.78, 5) is 34.4. The van der Waals surface area contributed by atoms with Gasteiger partial charge in [-0.15, -0.1) is 5.06 Å². The van der Waals surface area contributed by atoms with Gasteiger partial charge in [0, 0.05) is 39.0 Å². The minimum atomic E-state index is -0.346. The molecule has 7 heteroatoms. The van der Waals surface area contributed by atoms with Gasteiger partial charge >= 0.3 is 5.97 Å². The molecule has 1 amide bonds. The number of nitrogens with one attached hydrogen (secondary N) is 2. The van der Waals surface area contributed by atoms with Crippen LogP contribution in [0.4, 0.5) is 0 Å². The highest BCUT2D eigenvalue weighted by molar-refractivity contribution is 5.81. The maximum absolute atomic E-state index is 12.4. The molecule has 1 heterocycles. The first-order valence-corrected chi connectivity index (χ1v) is 14.9. The molecule has 0 saturated heterocycles. The fourth-order valence-corrected chi connectivity index (χ4v) is 8.44. The van der Waals surface area contributed by atoms with Crippen LogP contribution < -0.4 is 10.6 Å². The smallest absolute Gasteiger partial charge is 0.325 e. The van der Waals surface area contributed by atoms with E-state index in [2.05, 4.69) is 53.7 Å². The van der Waals surface area contributed by atoms with E-state index in [9.17, 15) is 9.59 Å². The van der Waals surface area contributed by atoms with Gasteiger partial charge in [0.15, 0.2) is 0 Å². The van der Waals surface area contributed by atoms with E-state index in [0.717, 1.165) is 25.2 Å². The van der Waals surface area contributed by atoms with Gasteiger partial charge in [-0.25, -0.2) is 0 Å². The Hall–Kier alpha value is -2.51. The molecule has 1 unspecified atom stereocenters. The van der Waals surface area contributed by atoms with E-state index in [-0.39, 0.29) is 41.6 Å². The molecule has 212 valence electrons. The van der Waals surface area contributed by atoms with Crippen molar-refractivity contribution in [1.29, 1.82) is 0 Å². The molecule has 6 atom stereocenters. The summed E-state index contributed by atoms with van der Waals surface area (Å²) < 4.78 is 0. The molecule has 7 nitrogen and oxygen atoms in total. The van der Waals surface area contributed by atoms with Crippen LogP contribution in [0.15, 0.2) is 42.3 Å². The third-order valence-electron chi connectivity index (χ3n) is 10.6. The fraction of sp³-hybridized carbons (Fsp3) is 0.656. The summed E-state index contributed by atoms with van der Waals surface area (Å²) >= 11 is 0. The summed E-state index contributed by atoms with van der Waals surface area (Å²) in [6.07, 6.45) is 17.3. The van der Waals surface area contributed by atoms with Gasteiger partial charge in [0.1, 0.15) is 0 Å². The van der Waals surface area contributed by atoms with E-state index in [4.69, 9.17) is 4.84 Å². The van der Waals surface area contributed by atoms with Crippen molar-refractivity contribution >= 4 is 17.4 Å². The van der Waals surface area contributed by atoms with E-state index in [0.29, 0.717) is 24.9 Å². The zero-order chi connectivity index (χ0) is 27.6. The lowest BCUT2D eigenvalue weighted by Crippen LogP contribution is -2.51. The molecule has 0 aliphatic heterocycles. The minimum absolute atomic E-state index is 0.0930. The Bertz CT molecular complexity index is 1120. The number of carbonyl (C=O) groups is 2. The molecule has 1 aromatic rings. The number of nitrogens with zero attached hydrogens (tertiary/aromatic N) is 2. The number of aromatic nitrogens is 1. The Labute approximate surface area is 233 Å². The topological polar surface area (TPSA) is 83.6 Å². The summed E-state index contributed by atoms with van der Waals surface area (Å²) in [5.41, 5.74) is 4.86. The van der Waals surface area contributed by atoms with Crippen molar-refractivity contribution in [1.82, 2.24) is 20.7 Å². The highest BCUT2D eigenvalue weighted by atomic mass is 16.7. The van der Waals surface area contributed by atoms with Gasteiger partial charge in [0.2, 0.25) is 5.91 Å². The summed E-state index contributed by atoms with van der Waals surface area (Å²) in [6, 6.07) is 4.39. The lowest BCUT2D eigenvalue weighted by Gasteiger charge is -2.58. The maximum atomic E-state index is 12.4. The molecular formula is C32H46N4O3. The maximum Gasteiger partial charge on any atom is 0.325 e. The number of likely N-dealkylation sites (N-methyl/N-ethyl adjacent to an activating group) is 2. The first kappa shape index (κ1) is 28.0. The van der Waals surface area contributed by atoms with Crippen LogP contribution in [0.3, 0.4) is 0 Å². The molecule has 0 radical (unpaired) electrons. The second-order valence-corrected chi connectivity index (χ2v) is 12.6. The first-order valence-electron chi connectivity index (χ1n) is 14.9. The zero-order valence-corrected chi connectivity index (χ0v) is 24.2. The second kappa shape index (κ2) is 11.5. The van der Waals surface area contributed by atoms with Gasteiger partial charge in [-0.1, -0.05) is 37.6 Å². The molecule has 1 aromatic heterocycles. The number of rotatable bonds is 9. The molecule has 5 rings (SSSR count). The first-order chi connectivity index (χ1) is 18.8. The quantitative estimate of drug-likeness (QED) is 0.266. The minimum Gasteiger partial charge on any atom is -0.368 e. The van der Waals surface area contributed by atoms with Crippen LogP contribution in [0.5, 0.6) is 0 Å². The Balaban J connectivity index is 1.20. The highest BCUT2D eigenvalue weighted by Gasteiger charge is 2.57. The molecule has 39 heavy (non-hydrogen) atoms. The normalized spacial score (nSPS) is 33.4. The number of hydroxylamine groups is 2. The largest absolute Gasteiger partial charge is 0.368 e. The second-order valence-electron chi connectivity index (χ2n) is 12.6. The number of pyridine rings is 1. The van der Waals surface area contributed by atoms with Crippen LogP contribution in [0.25, 0.3) is 5.57 Å². The number of fused-ring (bicyclic) bond motifs is 5. The van der Waals surface area contributed by atoms with Gasteiger partial charge in [0.05, 0.1) is 12.5 Å². The Morgan fingerprint density at radius 3 is 2.69 bits per heavy atom. The van der Waals surface area contributed by atoms with Gasteiger partial charge in [0.25, 0.3) is 0 Å². The summed E-state index contributed by atoms with van der Waals surface area (Å²) in [6.45, 7) is 6.29. The van der Waals surface area contributed by atoms with Crippen LogP contribution in [-0.2, 0) is 14.4 Å². The number of hydrogen-bond acceptors (Lipinski definition) is 6. The SMILES string of the molecule is CNCCNC(=O)CCC(=O)ON(C)C1C=C2CC[C@H]3[C@H](CC[C@]4(C)C(c5cccnc5)=CC[C@@H]34)[C@@]2(C)CC1. The Morgan fingerprint density at radius 2 is 1.92 bits per heavy atom. The predicted molar refractivity (Wildman–Crippen MR) is 153 cm³/mol. The molecule has 2 saturated carbocycles. The average Bonchev–Trinajstić information content (AvgIpc) is 3.29. The molecule has 0 bridgehead atoms. The van der Waals surface area contributed by atoms with E-state index in [1.54, 1.807) is 10.6 Å². The average molecular weight is 535 g/mol. The summed E-state index contributed by atoms with van der Waals surface area (Å²) in [5, 5.41) is 7.51. The fourth-order valence-electron chi connectivity index (χ4n) is 8.44. The van der Waals surface area contributed by atoms with Crippen molar-refractivity contribution in [2.45, 2.75) is 77.7 Å². The van der Waals surface area contributed by atoms with Gasteiger partial charge < -0.3 is 15.5 Å². The van der Waals surface area contributed by atoms with E-state index < -0.39 is 0 Å². The molecule has 4 aliphatic carbocycles. The van der Waals surface area contributed by atoms with E-state index in [1.165, 1.54) is 36.8 Å². The van der Waals surface area contributed by atoms with E-state index in [1.807, 2.05) is 26.5 Å². The third kappa shape index (κ3) is 5.45. The zero-order valence-electron chi connectivity index (χ0n) is 24.2. The molecule has 2 fully saturated rings. The number of allylic oxidation sites excluding steroid dienone is 3. The predicted octanol–water partition coefficient (Wildman–Crippen LogP) is 4.91. The van der Waals surface area contributed by atoms with Crippen molar-refractivity contribution in [2.75, 3.05) is 27.2 Å². The number of hydrogen-bond donors (Lipinski definition) is 2. The molecular weight excluding hydrogens is 488 g/mol. The van der Waals surface area contributed by atoms with Crippen molar-refractivity contribution in [3.8, 4) is 0 Å². The molecule has 0 aromatic carbocycles. The lowest BCUT2D eigenvalue weighted by atomic mass is 9.46. The van der Waals surface area contributed by atoms with Crippen molar-refractivity contribution < 1.29 is 14.4 Å². The number of carbonyl (C=O) groups excluding carboxylic acids is 2. The van der Waals surface area contributed by atoms with Crippen LogP contribution in [0.1, 0.15) is 77.2 Å². The van der Waals surface area contributed by atoms with Crippen LogP contribution in [0, 0.1) is 28.6 Å². The number of amides is 1. The van der Waals surface area contributed by atoms with E-state index >= 15 is 0 Å². The van der Waals surface area contributed by atoms with Crippen LogP contribution >= 0.6 is 0 Å². The van der Waals surface area contributed by atoms with Gasteiger partial charge in [-0.2, -0.15) is 0 Å². The third-order valence-corrected chi connectivity index (χ3v) is 10.6. The standard InChI is InChI=1S/C32H46N4O3/c1-31-15-13-24(36(4)39-30(38)12-11-29(37)35-19-18-33-3)20-23(31)7-8-25-27-10-9-26(22-6-5-17-34-21-22)32(27,2)16-14-28(25)31/h5-6,9,17,20-21,24-25,27-28,33H,7-8,10-16,18-19H2,1-4H3,(H,35,37)/t24?,25-,27+,28+,31+,32-/m1/s1. The lowest BCUT2D eigenvalue weighted by molar-refractivity contribution is -0.192. The summed E-state index contributed by atoms with van der Waals surface area (Å²) in [7, 11) is 3.70. The van der Waals surface area contributed by atoms with Crippen LogP contribution in [-0.4, -0.2) is 55.2 Å². The van der Waals surface area contributed by atoms with Crippen LogP contribution in [0.2, 0.25) is 0 Å². The Kier molecular flexibility index (Phi) is 8.29. The van der Waals surface area contributed by atoms with Crippen molar-refractivity contribution in [2.24, 2.45) is 28.6 Å². The summed E-state index contributed by atoms with van der Waals surface area (Å²) in [5.74, 6) is 1.71. The van der Waals surface area contributed by atoms with Gasteiger partial charge in [-0.05, 0) is 97.8 Å².